The Morgan fingerprint density at radius 2 is 1.77 bits per heavy atom. The molecule has 0 aromatic carbocycles. The molecule has 2 heterocycles. The van der Waals surface area contributed by atoms with Gasteiger partial charge in [0.2, 0.25) is 0 Å². The summed E-state index contributed by atoms with van der Waals surface area (Å²) in [6.45, 7) is 6.42. The van der Waals surface area contributed by atoms with Crippen molar-refractivity contribution in [1.82, 2.24) is 0 Å². The smallest absolute Gasteiger partial charge is 0.110 e. The molecule has 76 valence electrons. The van der Waals surface area contributed by atoms with Crippen molar-refractivity contribution < 1.29 is 14.6 Å². The Morgan fingerprint density at radius 3 is 2.15 bits per heavy atom. The van der Waals surface area contributed by atoms with Gasteiger partial charge in [-0.15, -0.1) is 0 Å². The van der Waals surface area contributed by atoms with Gasteiger partial charge in [-0.3, -0.25) is 0 Å². The SMILES string of the molecule is CC1(C)OC1CC[C@]1(C)O[C@@H]1CO. The molecule has 0 saturated carbocycles. The highest BCUT2D eigenvalue weighted by Crippen LogP contribution is 2.45. The number of hydrogen-bond donors (Lipinski definition) is 1. The summed E-state index contributed by atoms with van der Waals surface area (Å²) in [5.41, 5.74) is 0.0107. The minimum Gasteiger partial charge on any atom is -0.394 e. The number of hydrogen-bond acceptors (Lipinski definition) is 3. The van der Waals surface area contributed by atoms with Crippen molar-refractivity contribution in [3.05, 3.63) is 0 Å². The molecule has 2 aliphatic rings. The molecule has 0 spiro atoms. The molecule has 1 N–H and O–H groups in total. The van der Waals surface area contributed by atoms with E-state index in [1.54, 1.807) is 0 Å². The highest BCUT2D eigenvalue weighted by atomic mass is 16.6. The van der Waals surface area contributed by atoms with Crippen LogP contribution in [0.1, 0.15) is 33.6 Å². The minimum absolute atomic E-state index is 0.0642. The van der Waals surface area contributed by atoms with Gasteiger partial charge in [0.05, 0.1) is 23.9 Å². The van der Waals surface area contributed by atoms with Crippen LogP contribution >= 0.6 is 0 Å². The highest BCUT2D eigenvalue weighted by molar-refractivity contribution is 5.02. The van der Waals surface area contributed by atoms with Crippen LogP contribution in [-0.2, 0) is 9.47 Å². The molecule has 0 amide bonds. The zero-order valence-electron chi connectivity index (χ0n) is 8.54. The molecule has 1 unspecified atom stereocenters. The van der Waals surface area contributed by atoms with E-state index in [9.17, 15) is 0 Å². The second kappa shape index (κ2) is 2.69. The third-order valence-corrected chi connectivity index (χ3v) is 3.27. The molecule has 3 atom stereocenters. The third kappa shape index (κ3) is 1.73. The Hall–Kier alpha value is -0.120. The van der Waals surface area contributed by atoms with Crippen LogP contribution in [0.15, 0.2) is 0 Å². The van der Waals surface area contributed by atoms with Gasteiger partial charge in [-0.25, -0.2) is 0 Å². The van der Waals surface area contributed by atoms with Crippen molar-refractivity contribution >= 4 is 0 Å². The first-order chi connectivity index (χ1) is 5.98. The van der Waals surface area contributed by atoms with E-state index in [0.717, 1.165) is 12.8 Å². The first-order valence-corrected chi connectivity index (χ1v) is 4.94. The van der Waals surface area contributed by atoms with E-state index in [2.05, 4.69) is 20.8 Å². The molecular weight excluding hydrogens is 168 g/mol. The lowest BCUT2D eigenvalue weighted by Crippen LogP contribution is -2.14. The van der Waals surface area contributed by atoms with Crippen LogP contribution in [0.25, 0.3) is 0 Å². The largest absolute Gasteiger partial charge is 0.394 e. The maximum absolute atomic E-state index is 8.87. The van der Waals surface area contributed by atoms with Crippen molar-refractivity contribution in [2.45, 2.75) is 57.0 Å². The average molecular weight is 186 g/mol. The predicted molar refractivity (Wildman–Crippen MR) is 48.5 cm³/mol. The predicted octanol–water partition coefficient (Wildman–Crippen LogP) is 1.09. The summed E-state index contributed by atoms with van der Waals surface area (Å²) < 4.78 is 10.9. The molecule has 0 bridgehead atoms. The van der Waals surface area contributed by atoms with E-state index >= 15 is 0 Å². The van der Waals surface area contributed by atoms with E-state index in [1.807, 2.05) is 0 Å². The lowest BCUT2D eigenvalue weighted by Gasteiger charge is -2.03. The molecule has 3 heteroatoms. The fourth-order valence-electron chi connectivity index (χ4n) is 1.90. The summed E-state index contributed by atoms with van der Waals surface area (Å²) >= 11 is 0. The van der Waals surface area contributed by atoms with Crippen LogP contribution in [-0.4, -0.2) is 35.1 Å². The molecule has 3 nitrogen and oxygen atoms in total. The average Bonchev–Trinajstić information content (AvgIpc) is 2.87. The Kier molecular flexibility index (Phi) is 1.95. The molecule has 13 heavy (non-hydrogen) atoms. The van der Waals surface area contributed by atoms with Crippen LogP contribution in [0.4, 0.5) is 0 Å². The van der Waals surface area contributed by atoms with E-state index in [1.165, 1.54) is 0 Å². The third-order valence-electron chi connectivity index (χ3n) is 3.27. The summed E-state index contributed by atoms with van der Waals surface area (Å²) in [4.78, 5) is 0. The maximum atomic E-state index is 8.87. The lowest BCUT2D eigenvalue weighted by molar-refractivity contribution is 0.233. The summed E-state index contributed by atoms with van der Waals surface area (Å²) in [5, 5.41) is 8.87. The molecule has 2 saturated heterocycles. The molecule has 0 radical (unpaired) electrons. The van der Waals surface area contributed by atoms with Gasteiger partial charge in [-0.2, -0.15) is 0 Å². The van der Waals surface area contributed by atoms with E-state index in [-0.39, 0.29) is 23.9 Å². The monoisotopic (exact) mass is 186 g/mol. The number of epoxide rings is 2. The summed E-state index contributed by atoms with van der Waals surface area (Å²) in [6.07, 6.45) is 2.49. The van der Waals surface area contributed by atoms with Gasteiger partial charge in [0, 0.05) is 0 Å². The van der Waals surface area contributed by atoms with Crippen LogP contribution in [0.5, 0.6) is 0 Å². The topological polar surface area (TPSA) is 45.3 Å². The lowest BCUT2D eigenvalue weighted by atomic mass is 9.97. The Morgan fingerprint density at radius 1 is 1.15 bits per heavy atom. The van der Waals surface area contributed by atoms with Crippen LogP contribution in [0.3, 0.4) is 0 Å². The van der Waals surface area contributed by atoms with Gasteiger partial charge in [-0.05, 0) is 33.6 Å². The van der Waals surface area contributed by atoms with E-state index < -0.39 is 0 Å². The Balaban J connectivity index is 1.70. The number of aliphatic hydroxyl groups excluding tert-OH is 1. The minimum atomic E-state index is -0.0726. The van der Waals surface area contributed by atoms with E-state index in [4.69, 9.17) is 14.6 Å². The van der Waals surface area contributed by atoms with Gasteiger partial charge in [-0.1, -0.05) is 0 Å². The molecule has 2 aliphatic heterocycles. The zero-order valence-corrected chi connectivity index (χ0v) is 8.54. The second-order valence-corrected chi connectivity index (χ2v) is 4.85. The normalized spacial score (nSPS) is 46.2. The second-order valence-electron chi connectivity index (χ2n) is 4.85. The van der Waals surface area contributed by atoms with Gasteiger partial charge >= 0.3 is 0 Å². The molecule has 2 rings (SSSR count). The van der Waals surface area contributed by atoms with Gasteiger partial charge < -0.3 is 14.6 Å². The summed E-state index contributed by atoms with van der Waals surface area (Å²) in [7, 11) is 0. The fourth-order valence-corrected chi connectivity index (χ4v) is 1.90. The van der Waals surface area contributed by atoms with Crippen molar-refractivity contribution in [3.63, 3.8) is 0 Å². The number of aliphatic hydroxyl groups is 1. The molecule has 0 aromatic rings. The van der Waals surface area contributed by atoms with Crippen molar-refractivity contribution in [1.29, 1.82) is 0 Å². The van der Waals surface area contributed by atoms with E-state index in [0.29, 0.717) is 6.10 Å². The first-order valence-electron chi connectivity index (χ1n) is 4.94. The quantitative estimate of drug-likeness (QED) is 0.668. The van der Waals surface area contributed by atoms with Crippen LogP contribution in [0.2, 0.25) is 0 Å². The Bertz CT molecular complexity index is 214. The fraction of sp³-hybridized carbons (Fsp3) is 1.00. The van der Waals surface area contributed by atoms with Crippen LogP contribution < -0.4 is 0 Å². The number of ether oxygens (including phenoxy) is 2. The first kappa shape index (κ1) is 9.44. The zero-order chi connectivity index (χ0) is 9.69. The van der Waals surface area contributed by atoms with Gasteiger partial charge in [0.1, 0.15) is 6.10 Å². The molecular formula is C10H18O3. The van der Waals surface area contributed by atoms with Crippen molar-refractivity contribution in [3.8, 4) is 0 Å². The number of rotatable bonds is 4. The molecule has 0 aromatic heterocycles. The van der Waals surface area contributed by atoms with Gasteiger partial charge in [0.15, 0.2) is 0 Å². The van der Waals surface area contributed by atoms with Gasteiger partial charge in [0.25, 0.3) is 0 Å². The summed E-state index contributed by atoms with van der Waals surface area (Å²) in [6, 6.07) is 0. The molecule has 0 aliphatic carbocycles. The van der Waals surface area contributed by atoms with Crippen molar-refractivity contribution in [2.75, 3.05) is 6.61 Å². The standard InChI is InChI=1S/C10H18O3/c1-9(2)7(12-9)4-5-10(3)8(6-11)13-10/h7-8,11H,4-6H2,1-3H3/t7?,8-,10+/m1/s1. The Labute approximate surface area is 79.0 Å². The summed E-state index contributed by atoms with van der Waals surface area (Å²) in [5.74, 6) is 0. The maximum Gasteiger partial charge on any atom is 0.110 e. The molecule has 2 fully saturated rings. The van der Waals surface area contributed by atoms with Crippen LogP contribution in [0, 0.1) is 0 Å². The van der Waals surface area contributed by atoms with Crippen molar-refractivity contribution in [2.24, 2.45) is 0 Å². The highest BCUT2D eigenvalue weighted by Gasteiger charge is 2.54.